The Hall–Kier alpha value is -2.50. The first-order valence-corrected chi connectivity index (χ1v) is 11.4. The average Bonchev–Trinajstić information content (AvgIpc) is 3.33. The summed E-state index contributed by atoms with van der Waals surface area (Å²) in [5.41, 5.74) is 1.34. The summed E-state index contributed by atoms with van der Waals surface area (Å²) in [7, 11) is 1.33. The van der Waals surface area contributed by atoms with Gasteiger partial charge in [0.2, 0.25) is 5.91 Å². The highest BCUT2D eigenvalue weighted by molar-refractivity contribution is 8.00. The third-order valence-corrected chi connectivity index (χ3v) is 6.42. The molecular formula is C18H18N4O4S3. The molecule has 11 heteroatoms. The lowest BCUT2D eigenvalue weighted by Gasteiger charge is -2.02. The maximum atomic E-state index is 12.3. The Bertz CT molecular complexity index is 1100. The molecule has 29 heavy (non-hydrogen) atoms. The number of nitrogens with zero attached hydrogens (tertiary/aromatic N) is 3. The third kappa shape index (κ3) is 5.31. The molecule has 0 radical (unpaired) electrons. The lowest BCUT2D eigenvalue weighted by molar-refractivity contribution is -0.115. The second-order valence-corrected chi connectivity index (χ2v) is 8.58. The van der Waals surface area contributed by atoms with Gasteiger partial charge in [0, 0.05) is 18.1 Å². The van der Waals surface area contributed by atoms with E-state index in [1.807, 2.05) is 17.6 Å². The van der Waals surface area contributed by atoms with E-state index in [2.05, 4.69) is 15.3 Å². The molecule has 0 saturated carbocycles. The molecule has 2 aromatic heterocycles. The Morgan fingerprint density at radius 1 is 1.31 bits per heavy atom. The number of benzene rings is 1. The summed E-state index contributed by atoms with van der Waals surface area (Å²) >= 11 is 3.86. The molecular weight excluding hydrogens is 432 g/mol. The molecule has 0 spiro atoms. The van der Waals surface area contributed by atoms with Gasteiger partial charge in [-0.25, -0.2) is 9.78 Å². The fourth-order valence-corrected chi connectivity index (χ4v) is 4.81. The number of amides is 2. The van der Waals surface area contributed by atoms with Crippen molar-refractivity contribution in [2.75, 3.05) is 23.9 Å². The van der Waals surface area contributed by atoms with Gasteiger partial charge in [-0.2, -0.15) is 4.99 Å². The number of aromatic nitrogens is 2. The van der Waals surface area contributed by atoms with Crippen LogP contribution < -0.4 is 10.1 Å². The first kappa shape index (κ1) is 21.2. The van der Waals surface area contributed by atoms with Crippen LogP contribution in [-0.4, -0.2) is 46.0 Å². The van der Waals surface area contributed by atoms with Gasteiger partial charge in [-0.15, -0.1) is 23.1 Å². The van der Waals surface area contributed by atoms with E-state index in [0.29, 0.717) is 22.0 Å². The Morgan fingerprint density at radius 3 is 2.83 bits per heavy atom. The quantitative estimate of drug-likeness (QED) is 0.555. The summed E-state index contributed by atoms with van der Waals surface area (Å²) in [4.78, 5) is 44.6. The predicted octanol–water partition coefficient (Wildman–Crippen LogP) is 2.77. The van der Waals surface area contributed by atoms with Crippen LogP contribution in [0.15, 0.2) is 34.8 Å². The summed E-state index contributed by atoms with van der Waals surface area (Å²) in [6.45, 7) is 2.59. The second-order valence-electron chi connectivity index (χ2n) is 5.69. The number of anilines is 1. The number of hydrogen-bond acceptors (Lipinski definition) is 8. The van der Waals surface area contributed by atoms with Gasteiger partial charge >= 0.3 is 5.97 Å². The first-order valence-electron chi connectivity index (χ1n) is 8.58. The summed E-state index contributed by atoms with van der Waals surface area (Å²) in [6, 6.07) is 5.25. The summed E-state index contributed by atoms with van der Waals surface area (Å²) in [5.74, 6) is -0.705. The predicted molar refractivity (Wildman–Crippen MR) is 115 cm³/mol. The molecule has 1 N–H and O–H groups in total. The number of fused-ring (bicyclic) bond motifs is 1. The molecule has 0 fully saturated rings. The molecule has 8 nitrogen and oxygen atoms in total. The molecule has 0 aliphatic rings. The van der Waals surface area contributed by atoms with E-state index in [-0.39, 0.29) is 23.3 Å². The van der Waals surface area contributed by atoms with Gasteiger partial charge in [-0.1, -0.05) is 11.3 Å². The number of carbonyl (C=O) groups is 3. The molecule has 0 saturated heterocycles. The number of rotatable bonds is 7. The van der Waals surface area contributed by atoms with Gasteiger partial charge in [0.25, 0.3) is 5.91 Å². The number of carbonyl (C=O) groups excluding carboxylic acids is 3. The van der Waals surface area contributed by atoms with Gasteiger partial charge in [-0.3, -0.25) is 9.59 Å². The molecule has 1 aromatic carbocycles. The number of methoxy groups -OCH3 is 1. The Kier molecular flexibility index (Phi) is 7.18. The van der Waals surface area contributed by atoms with Crippen LogP contribution in [0.4, 0.5) is 5.13 Å². The Labute approximate surface area is 178 Å². The maximum Gasteiger partial charge on any atom is 0.337 e. The summed E-state index contributed by atoms with van der Waals surface area (Å²) in [6.07, 6.45) is 1.61. The van der Waals surface area contributed by atoms with Crippen LogP contribution in [-0.2, 0) is 20.9 Å². The number of thiazole rings is 2. The number of ether oxygens (including phenoxy) is 1. The van der Waals surface area contributed by atoms with E-state index < -0.39 is 5.97 Å². The first-order chi connectivity index (χ1) is 14.0. The van der Waals surface area contributed by atoms with Crippen molar-refractivity contribution in [2.24, 2.45) is 4.99 Å². The van der Waals surface area contributed by atoms with E-state index >= 15 is 0 Å². The molecule has 152 valence electrons. The van der Waals surface area contributed by atoms with Crippen molar-refractivity contribution >= 4 is 67.6 Å². The maximum absolute atomic E-state index is 12.3. The van der Waals surface area contributed by atoms with E-state index in [1.54, 1.807) is 23.7 Å². The zero-order valence-corrected chi connectivity index (χ0v) is 18.2. The largest absolute Gasteiger partial charge is 0.465 e. The molecule has 2 heterocycles. The van der Waals surface area contributed by atoms with Crippen molar-refractivity contribution in [1.82, 2.24) is 9.55 Å². The molecule has 2 amide bonds. The number of hydrogen-bond donors (Lipinski definition) is 1. The zero-order chi connectivity index (χ0) is 20.8. The lowest BCUT2D eigenvalue weighted by atomic mass is 10.2. The molecule has 0 bridgehead atoms. The van der Waals surface area contributed by atoms with Crippen LogP contribution in [0.25, 0.3) is 10.2 Å². The standard InChI is InChI=1S/C18H18N4O4S3/c1-3-22-12-5-4-11(16(25)26-2)8-13(12)29-18(22)21-15(24)10-27-9-14(23)20-17-19-6-7-28-17/h4-8H,3,9-10H2,1-2H3,(H,19,20,23). The van der Waals surface area contributed by atoms with E-state index in [4.69, 9.17) is 4.74 Å². The molecule has 0 atom stereocenters. The Balaban J connectivity index is 1.68. The highest BCUT2D eigenvalue weighted by Crippen LogP contribution is 2.20. The van der Waals surface area contributed by atoms with E-state index in [1.165, 1.54) is 41.5 Å². The van der Waals surface area contributed by atoms with Crippen LogP contribution in [0, 0.1) is 0 Å². The Morgan fingerprint density at radius 2 is 2.14 bits per heavy atom. The number of nitrogens with one attached hydrogen (secondary N) is 1. The van der Waals surface area contributed by atoms with Crippen LogP contribution in [0.5, 0.6) is 0 Å². The minimum absolute atomic E-state index is 0.0939. The molecule has 3 rings (SSSR count). The lowest BCUT2D eigenvalue weighted by Crippen LogP contribution is -2.18. The molecule has 0 aliphatic carbocycles. The third-order valence-electron chi connectivity index (χ3n) is 3.78. The minimum atomic E-state index is -0.412. The molecule has 3 aromatic rings. The van der Waals surface area contributed by atoms with Crippen molar-refractivity contribution in [1.29, 1.82) is 0 Å². The van der Waals surface area contributed by atoms with Crippen molar-refractivity contribution in [3.05, 3.63) is 40.1 Å². The van der Waals surface area contributed by atoms with Crippen LogP contribution in [0.3, 0.4) is 0 Å². The van der Waals surface area contributed by atoms with E-state index in [0.717, 1.165) is 10.2 Å². The molecule has 0 unspecified atom stereocenters. The van der Waals surface area contributed by atoms with Gasteiger partial charge in [0.15, 0.2) is 9.93 Å². The monoisotopic (exact) mass is 450 g/mol. The fourth-order valence-electron chi connectivity index (χ4n) is 2.52. The van der Waals surface area contributed by atoms with E-state index in [9.17, 15) is 14.4 Å². The average molecular weight is 451 g/mol. The van der Waals surface area contributed by atoms with Crippen molar-refractivity contribution in [3.8, 4) is 0 Å². The van der Waals surface area contributed by atoms with Gasteiger partial charge in [-0.05, 0) is 25.1 Å². The van der Waals surface area contributed by atoms with Gasteiger partial charge in [0.1, 0.15) is 0 Å². The minimum Gasteiger partial charge on any atom is -0.465 e. The zero-order valence-electron chi connectivity index (χ0n) is 15.7. The number of thioether (sulfide) groups is 1. The molecule has 0 aliphatic heterocycles. The number of esters is 1. The summed E-state index contributed by atoms with van der Waals surface area (Å²) in [5, 5.41) is 4.97. The highest BCUT2D eigenvalue weighted by Gasteiger charge is 2.12. The fraction of sp³-hybridized carbons (Fsp3) is 0.278. The van der Waals surface area contributed by atoms with Crippen molar-refractivity contribution in [2.45, 2.75) is 13.5 Å². The van der Waals surface area contributed by atoms with Crippen molar-refractivity contribution in [3.63, 3.8) is 0 Å². The van der Waals surface area contributed by atoms with Crippen LogP contribution in [0.1, 0.15) is 17.3 Å². The smallest absolute Gasteiger partial charge is 0.337 e. The van der Waals surface area contributed by atoms with Gasteiger partial charge < -0.3 is 14.6 Å². The number of aryl methyl sites for hydroxylation is 1. The van der Waals surface area contributed by atoms with Crippen LogP contribution in [0.2, 0.25) is 0 Å². The van der Waals surface area contributed by atoms with Crippen LogP contribution >= 0.6 is 34.4 Å². The summed E-state index contributed by atoms with van der Waals surface area (Å²) < 4.78 is 7.51. The van der Waals surface area contributed by atoms with Gasteiger partial charge in [0.05, 0.1) is 34.4 Å². The second kappa shape index (κ2) is 9.81. The normalized spacial score (nSPS) is 11.6. The highest BCUT2D eigenvalue weighted by atomic mass is 32.2. The van der Waals surface area contributed by atoms with Crippen molar-refractivity contribution < 1.29 is 19.1 Å². The SMILES string of the molecule is CCn1c(=NC(=O)CSCC(=O)Nc2nccs2)sc2cc(C(=O)OC)ccc21. The topological polar surface area (TPSA) is 103 Å².